The minimum absolute atomic E-state index is 0.0764. The fourth-order valence-corrected chi connectivity index (χ4v) is 4.56. The SMILES string of the molecule is COC(=O)c1ccc(S(=O)(=O)N2CCN(C(=O)c3ccc(C(=N)N)cc3)CC2)cc1. The number of methoxy groups -OCH3 is 1. The maximum atomic E-state index is 12.9. The number of nitrogens with one attached hydrogen (secondary N) is 1. The minimum atomic E-state index is -3.73. The number of hydrogen-bond donors (Lipinski definition) is 2. The second-order valence-corrected chi connectivity index (χ2v) is 8.64. The molecule has 1 aliphatic rings. The molecule has 0 aromatic heterocycles. The van der Waals surface area contributed by atoms with Crippen LogP contribution in [0.4, 0.5) is 0 Å². The van der Waals surface area contributed by atoms with Gasteiger partial charge in [-0.3, -0.25) is 10.2 Å². The molecular weight excluding hydrogens is 408 g/mol. The molecule has 0 atom stereocenters. The maximum Gasteiger partial charge on any atom is 0.337 e. The predicted molar refractivity (Wildman–Crippen MR) is 110 cm³/mol. The van der Waals surface area contributed by atoms with Crippen molar-refractivity contribution in [3.8, 4) is 0 Å². The van der Waals surface area contributed by atoms with E-state index in [0.29, 0.717) is 11.1 Å². The van der Waals surface area contributed by atoms with E-state index in [-0.39, 0.29) is 48.4 Å². The van der Waals surface area contributed by atoms with Gasteiger partial charge < -0.3 is 15.4 Å². The number of ether oxygens (including phenoxy) is 1. The Bertz CT molecular complexity index is 1060. The summed E-state index contributed by atoms with van der Waals surface area (Å²) in [5.41, 5.74) is 6.67. The van der Waals surface area contributed by atoms with Gasteiger partial charge in [-0.1, -0.05) is 12.1 Å². The lowest BCUT2D eigenvalue weighted by Gasteiger charge is -2.34. The monoisotopic (exact) mass is 430 g/mol. The molecule has 158 valence electrons. The number of piperazine rings is 1. The summed E-state index contributed by atoms with van der Waals surface area (Å²) in [7, 11) is -2.48. The van der Waals surface area contributed by atoms with Crippen LogP contribution in [0.1, 0.15) is 26.3 Å². The van der Waals surface area contributed by atoms with Gasteiger partial charge >= 0.3 is 5.97 Å². The van der Waals surface area contributed by atoms with Crippen LogP contribution in [0, 0.1) is 5.41 Å². The quantitative estimate of drug-likeness (QED) is 0.411. The van der Waals surface area contributed by atoms with Crippen molar-refractivity contribution in [2.75, 3.05) is 33.3 Å². The van der Waals surface area contributed by atoms with Gasteiger partial charge in [0.1, 0.15) is 5.84 Å². The Balaban J connectivity index is 1.66. The van der Waals surface area contributed by atoms with Crippen LogP contribution < -0.4 is 5.73 Å². The van der Waals surface area contributed by atoms with Crippen LogP contribution in [-0.4, -0.2) is 68.6 Å². The van der Waals surface area contributed by atoms with Gasteiger partial charge in [0.05, 0.1) is 17.6 Å². The van der Waals surface area contributed by atoms with Gasteiger partial charge in [0.2, 0.25) is 10.0 Å². The molecule has 1 aliphatic heterocycles. The van der Waals surface area contributed by atoms with E-state index in [1.165, 1.54) is 35.7 Å². The van der Waals surface area contributed by atoms with Crippen LogP contribution in [0.2, 0.25) is 0 Å². The van der Waals surface area contributed by atoms with E-state index in [2.05, 4.69) is 4.74 Å². The number of hydrogen-bond acceptors (Lipinski definition) is 6. The third-order valence-corrected chi connectivity index (χ3v) is 6.79. The maximum absolute atomic E-state index is 12.9. The fraction of sp³-hybridized carbons (Fsp3) is 0.250. The molecule has 0 radical (unpaired) electrons. The van der Waals surface area contributed by atoms with E-state index >= 15 is 0 Å². The largest absolute Gasteiger partial charge is 0.465 e. The lowest BCUT2D eigenvalue weighted by molar-refractivity contribution is 0.0600. The van der Waals surface area contributed by atoms with Crippen LogP contribution in [0.15, 0.2) is 53.4 Å². The Morgan fingerprint density at radius 3 is 1.90 bits per heavy atom. The number of rotatable bonds is 5. The molecule has 3 rings (SSSR count). The summed E-state index contributed by atoms with van der Waals surface area (Å²) in [6.07, 6.45) is 0. The molecule has 2 aromatic carbocycles. The number of nitrogen functional groups attached to an aromatic ring is 1. The van der Waals surface area contributed by atoms with Gasteiger partial charge in [-0.2, -0.15) is 4.31 Å². The van der Waals surface area contributed by atoms with Gasteiger partial charge in [0.15, 0.2) is 0 Å². The van der Waals surface area contributed by atoms with Gasteiger partial charge in [0, 0.05) is 37.3 Å². The number of esters is 1. The molecule has 1 amide bonds. The molecule has 0 spiro atoms. The predicted octanol–water partition coefficient (Wildman–Crippen LogP) is 0.904. The van der Waals surface area contributed by atoms with Crippen LogP contribution in [-0.2, 0) is 14.8 Å². The lowest BCUT2D eigenvalue weighted by Crippen LogP contribution is -2.50. The summed E-state index contributed by atoms with van der Waals surface area (Å²) in [6.45, 7) is 0.843. The molecule has 0 bridgehead atoms. The van der Waals surface area contributed by atoms with E-state index in [1.54, 1.807) is 29.2 Å². The highest BCUT2D eigenvalue weighted by atomic mass is 32.2. The topological polar surface area (TPSA) is 134 Å². The molecule has 2 aromatic rings. The number of benzene rings is 2. The third-order valence-electron chi connectivity index (χ3n) is 4.88. The standard InChI is InChI=1S/C20H22N4O5S/c1-29-20(26)16-6-8-17(9-7-16)30(27,28)24-12-10-23(11-13-24)19(25)15-4-2-14(3-5-15)18(21)22/h2-9H,10-13H2,1H3,(H3,21,22). The number of carbonyl (C=O) groups excluding carboxylic acids is 2. The lowest BCUT2D eigenvalue weighted by atomic mass is 10.1. The van der Waals surface area contributed by atoms with Crippen molar-refractivity contribution in [2.24, 2.45) is 5.73 Å². The Hall–Kier alpha value is -3.24. The first-order valence-electron chi connectivity index (χ1n) is 9.16. The number of carbonyl (C=O) groups is 2. The molecule has 0 saturated carbocycles. The smallest absolute Gasteiger partial charge is 0.337 e. The second kappa shape index (κ2) is 8.64. The van der Waals surface area contributed by atoms with Gasteiger partial charge in [-0.05, 0) is 36.4 Å². The average molecular weight is 430 g/mol. The summed E-state index contributed by atoms with van der Waals surface area (Å²) in [4.78, 5) is 25.8. The second-order valence-electron chi connectivity index (χ2n) is 6.70. The summed E-state index contributed by atoms with van der Waals surface area (Å²) in [5, 5.41) is 7.40. The molecule has 1 heterocycles. The van der Waals surface area contributed by atoms with Crippen molar-refractivity contribution < 1.29 is 22.7 Å². The van der Waals surface area contributed by atoms with E-state index in [0.717, 1.165) is 0 Å². The first-order chi connectivity index (χ1) is 14.2. The van der Waals surface area contributed by atoms with Crippen molar-refractivity contribution >= 4 is 27.7 Å². The third kappa shape index (κ3) is 4.34. The molecule has 10 heteroatoms. The van der Waals surface area contributed by atoms with Crippen molar-refractivity contribution in [3.63, 3.8) is 0 Å². The van der Waals surface area contributed by atoms with E-state index in [9.17, 15) is 18.0 Å². The summed E-state index contributed by atoms with van der Waals surface area (Å²) in [5.74, 6) is -0.820. The Kier molecular flexibility index (Phi) is 6.18. The van der Waals surface area contributed by atoms with Crippen LogP contribution in [0.3, 0.4) is 0 Å². The van der Waals surface area contributed by atoms with Gasteiger partial charge in [-0.25, -0.2) is 13.2 Å². The summed E-state index contributed by atoms with van der Waals surface area (Å²) >= 11 is 0. The molecule has 1 fully saturated rings. The van der Waals surface area contributed by atoms with Crippen LogP contribution >= 0.6 is 0 Å². The molecular formula is C20H22N4O5S. The molecule has 0 aliphatic carbocycles. The zero-order valence-electron chi connectivity index (χ0n) is 16.4. The Morgan fingerprint density at radius 2 is 1.40 bits per heavy atom. The molecule has 3 N–H and O–H groups in total. The number of nitrogens with zero attached hydrogens (tertiary/aromatic N) is 2. The highest BCUT2D eigenvalue weighted by Gasteiger charge is 2.30. The summed E-state index contributed by atoms with van der Waals surface area (Å²) < 4.78 is 31.7. The van der Waals surface area contributed by atoms with E-state index in [1.807, 2.05) is 0 Å². The zero-order chi connectivity index (χ0) is 21.9. The van der Waals surface area contributed by atoms with Crippen LogP contribution in [0.25, 0.3) is 0 Å². The number of amidine groups is 1. The highest BCUT2D eigenvalue weighted by Crippen LogP contribution is 2.19. The Labute approximate surface area is 174 Å². The van der Waals surface area contributed by atoms with Crippen LogP contribution in [0.5, 0.6) is 0 Å². The van der Waals surface area contributed by atoms with Crippen molar-refractivity contribution in [3.05, 3.63) is 65.2 Å². The molecule has 30 heavy (non-hydrogen) atoms. The van der Waals surface area contributed by atoms with Gasteiger partial charge in [0.25, 0.3) is 5.91 Å². The van der Waals surface area contributed by atoms with Crippen molar-refractivity contribution in [1.29, 1.82) is 5.41 Å². The normalized spacial score (nSPS) is 14.9. The first-order valence-corrected chi connectivity index (χ1v) is 10.6. The molecule has 9 nitrogen and oxygen atoms in total. The van der Waals surface area contributed by atoms with Gasteiger partial charge in [-0.15, -0.1) is 0 Å². The number of amides is 1. The van der Waals surface area contributed by atoms with Crippen molar-refractivity contribution in [2.45, 2.75) is 4.90 Å². The Morgan fingerprint density at radius 1 is 0.900 bits per heavy atom. The highest BCUT2D eigenvalue weighted by molar-refractivity contribution is 7.89. The average Bonchev–Trinajstić information content (AvgIpc) is 2.78. The zero-order valence-corrected chi connectivity index (χ0v) is 17.2. The number of sulfonamides is 1. The summed E-state index contributed by atoms with van der Waals surface area (Å²) in [6, 6.07) is 12.0. The first kappa shape index (κ1) is 21.5. The molecule has 1 saturated heterocycles. The van der Waals surface area contributed by atoms with E-state index in [4.69, 9.17) is 11.1 Å². The van der Waals surface area contributed by atoms with Crippen molar-refractivity contribution in [1.82, 2.24) is 9.21 Å². The van der Waals surface area contributed by atoms with E-state index < -0.39 is 16.0 Å². The number of nitrogens with two attached hydrogens (primary N) is 1. The minimum Gasteiger partial charge on any atom is -0.465 e. The fourth-order valence-electron chi connectivity index (χ4n) is 3.14. The molecule has 0 unspecified atom stereocenters.